The highest BCUT2D eigenvalue weighted by atomic mass is 16.3. The fourth-order valence-electron chi connectivity index (χ4n) is 2.69. The van der Waals surface area contributed by atoms with Crippen molar-refractivity contribution in [1.29, 1.82) is 0 Å². The first kappa shape index (κ1) is 14.4. The van der Waals surface area contributed by atoms with Gasteiger partial charge in [0, 0.05) is 11.1 Å². The maximum atomic E-state index is 10.6. The molecule has 0 amide bonds. The lowest BCUT2D eigenvalue weighted by Crippen LogP contribution is -1.96. The summed E-state index contributed by atoms with van der Waals surface area (Å²) < 4.78 is 1.63. The van der Waals surface area contributed by atoms with Crippen molar-refractivity contribution in [3.05, 3.63) is 65.2 Å². The van der Waals surface area contributed by atoms with Crippen LogP contribution >= 0.6 is 0 Å². The topological polar surface area (TPSA) is 38.0 Å². The lowest BCUT2D eigenvalue weighted by Gasteiger charge is -2.03. The van der Waals surface area contributed by atoms with E-state index in [2.05, 4.69) is 24.2 Å². The molecule has 0 unspecified atom stereocenters. The predicted octanol–water partition coefficient (Wildman–Crippen LogP) is 4.42. The van der Waals surface area contributed by atoms with E-state index in [1.807, 2.05) is 50.2 Å². The zero-order chi connectivity index (χ0) is 15.7. The first-order valence-corrected chi connectivity index (χ1v) is 7.55. The summed E-state index contributed by atoms with van der Waals surface area (Å²) in [6.45, 7) is 6.15. The van der Waals surface area contributed by atoms with E-state index in [4.69, 9.17) is 0 Å². The van der Waals surface area contributed by atoms with Gasteiger partial charge in [0.25, 0.3) is 0 Å². The van der Waals surface area contributed by atoms with Crippen molar-refractivity contribution in [1.82, 2.24) is 9.78 Å². The molecule has 3 aromatic rings. The molecule has 22 heavy (non-hydrogen) atoms. The van der Waals surface area contributed by atoms with E-state index >= 15 is 0 Å². The molecule has 0 aliphatic heterocycles. The molecule has 1 N–H and O–H groups in total. The number of aromatic hydroxyl groups is 1. The Hall–Kier alpha value is -2.55. The SMILES string of the molecule is CCc1c(-c2ccccc2C)nn(-c2ccc(C)cc2)c1O. The first-order valence-electron chi connectivity index (χ1n) is 7.55. The minimum absolute atomic E-state index is 0.226. The lowest BCUT2D eigenvalue weighted by molar-refractivity contribution is 0.428. The number of benzene rings is 2. The normalized spacial score (nSPS) is 10.9. The van der Waals surface area contributed by atoms with Gasteiger partial charge in [0.05, 0.1) is 5.69 Å². The Kier molecular flexibility index (Phi) is 3.72. The van der Waals surface area contributed by atoms with Crippen molar-refractivity contribution in [2.45, 2.75) is 27.2 Å². The van der Waals surface area contributed by atoms with Crippen molar-refractivity contribution in [3.8, 4) is 22.8 Å². The summed E-state index contributed by atoms with van der Waals surface area (Å²) in [6, 6.07) is 16.1. The van der Waals surface area contributed by atoms with Crippen LogP contribution in [0.25, 0.3) is 16.9 Å². The lowest BCUT2D eigenvalue weighted by atomic mass is 10.0. The molecule has 0 spiro atoms. The third-order valence-electron chi connectivity index (χ3n) is 3.99. The highest BCUT2D eigenvalue weighted by molar-refractivity contribution is 5.69. The van der Waals surface area contributed by atoms with Crippen LogP contribution in [0.3, 0.4) is 0 Å². The van der Waals surface area contributed by atoms with Crippen molar-refractivity contribution in [2.24, 2.45) is 0 Å². The molecule has 1 heterocycles. The zero-order valence-corrected chi connectivity index (χ0v) is 13.2. The average molecular weight is 292 g/mol. The van der Waals surface area contributed by atoms with Gasteiger partial charge in [-0.1, -0.05) is 48.9 Å². The Morgan fingerprint density at radius 1 is 1.00 bits per heavy atom. The van der Waals surface area contributed by atoms with Crippen molar-refractivity contribution < 1.29 is 5.11 Å². The number of hydrogen-bond donors (Lipinski definition) is 1. The second kappa shape index (κ2) is 5.68. The summed E-state index contributed by atoms with van der Waals surface area (Å²) in [6.07, 6.45) is 0.737. The quantitative estimate of drug-likeness (QED) is 0.775. The average Bonchev–Trinajstić information content (AvgIpc) is 2.85. The number of hydrogen-bond acceptors (Lipinski definition) is 2. The van der Waals surface area contributed by atoms with Crippen LogP contribution in [0.1, 0.15) is 23.6 Å². The summed E-state index contributed by atoms with van der Waals surface area (Å²) in [4.78, 5) is 0. The number of rotatable bonds is 3. The van der Waals surface area contributed by atoms with Crippen LogP contribution in [0.15, 0.2) is 48.5 Å². The molecule has 0 aliphatic carbocycles. The molecule has 0 aliphatic rings. The highest BCUT2D eigenvalue weighted by Gasteiger charge is 2.19. The highest BCUT2D eigenvalue weighted by Crippen LogP contribution is 2.33. The monoisotopic (exact) mass is 292 g/mol. The molecule has 0 fully saturated rings. The maximum Gasteiger partial charge on any atom is 0.218 e. The molecule has 112 valence electrons. The fraction of sp³-hybridized carbons (Fsp3) is 0.211. The Labute approximate surface area is 130 Å². The van der Waals surface area contributed by atoms with E-state index in [9.17, 15) is 5.11 Å². The molecule has 0 saturated heterocycles. The van der Waals surface area contributed by atoms with E-state index in [1.54, 1.807) is 4.68 Å². The van der Waals surface area contributed by atoms with Crippen LogP contribution < -0.4 is 0 Å². The maximum absolute atomic E-state index is 10.6. The minimum atomic E-state index is 0.226. The standard InChI is InChI=1S/C19H20N2O/c1-4-16-18(17-8-6-5-7-14(17)3)20-21(19(16)22)15-11-9-13(2)10-12-15/h5-12,22H,4H2,1-3H3. The summed E-state index contributed by atoms with van der Waals surface area (Å²) in [5.41, 5.74) is 6.03. The number of nitrogens with zero attached hydrogens (tertiary/aromatic N) is 2. The third kappa shape index (κ3) is 2.39. The smallest absolute Gasteiger partial charge is 0.218 e. The van der Waals surface area contributed by atoms with Crippen LogP contribution in [0.4, 0.5) is 0 Å². The molecule has 1 aromatic heterocycles. The Morgan fingerprint density at radius 2 is 1.68 bits per heavy atom. The van der Waals surface area contributed by atoms with Crippen LogP contribution in [-0.4, -0.2) is 14.9 Å². The predicted molar refractivity (Wildman–Crippen MR) is 89.5 cm³/mol. The summed E-state index contributed by atoms with van der Waals surface area (Å²) >= 11 is 0. The van der Waals surface area contributed by atoms with Gasteiger partial charge < -0.3 is 5.11 Å². The molecule has 0 bridgehead atoms. The fourth-order valence-corrected chi connectivity index (χ4v) is 2.69. The van der Waals surface area contributed by atoms with Gasteiger partial charge in [-0.25, -0.2) is 4.68 Å². The number of aryl methyl sites for hydroxylation is 2. The van der Waals surface area contributed by atoms with Gasteiger partial charge in [0.1, 0.15) is 5.69 Å². The first-order chi connectivity index (χ1) is 10.6. The largest absolute Gasteiger partial charge is 0.493 e. The number of aromatic nitrogens is 2. The van der Waals surface area contributed by atoms with Gasteiger partial charge in [0.15, 0.2) is 0 Å². The van der Waals surface area contributed by atoms with E-state index in [0.29, 0.717) is 0 Å². The third-order valence-corrected chi connectivity index (χ3v) is 3.99. The second-order valence-electron chi connectivity index (χ2n) is 5.57. The molecule has 3 heteroatoms. The second-order valence-corrected chi connectivity index (χ2v) is 5.57. The van der Waals surface area contributed by atoms with Crippen molar-refractivity contribution >= 4 is 0 Å². The zero-order valence-electron chi connectivity index (χ0n) is 13.2. The van der Waals surface area contributed by atoms with E-state index in [-0.39, 0.29) is 5.88 Å². The molecular formula is C19H20N2O. The van der Waals surface area contributed by atoms with E-state index in [1.165, 1.54) is 5.56 Å². The minimum Gasteiger partial charge on any atom is -0.493 e. The van der Waals surface area contributed by atoms with Gasteiger partial charge in [-0.05, 0) is 38.0 Å². The Balaban J connectivity index is 2.19. The van der Waals surface area contributed by atoms with Crippen LogP contribution in [0.2, 0.25) is 0 Å². The van der Waals surface area contributed by atoms with Gasteiger partial charge >= 0.3 is 0 Å². The summed E-state index contributed by atoms with van der Waals surface area (Å²) in [5, 5.41) is 15.3. The summed E-state index contributed by atoms with van der Waals surface area (Å²) in [5.74, 6) is 0.226. The molecule has 2 aromatic carbocycles. The van der Waals surface area contributed by atoms with Crippen molar-refractivity contribution in [3.63, 3.8) is 0 Å². The Bertz CT molecular complexity index is 801. The van der Waals surface area contributed by atoms with Crippen LogP contribution in [0, 0.1) is 13.8 Å². The van der Waals surface area contributed by atoms with Crippen LogP contribution in [-0.2, 0) is 6.42 Å². The molecule has 3 rings (SSSR count). The Morgan fingerprint density at radius 3 is 2.32 bits per heavy atom. The molecule has 0 radical (unpaired) electrons. The van der Waals surface area contributed by atoms with E-state index < -0.39 is 0 Å². The van der Waals surface area contributed by atoms with Crippen molar-refractivity contribution in [2.75, 3.05) is 0 Å². The molecule has 3 nitrogen and oxygen atoms in total. The van der Waals surface area contributed by atoms with Gasteiger partial charge in [-0.15, -0.1) is 0 Å². The van der Waals surface area contributed by atoms with E-state index in [0.717, 1.165) is 34.5 Å². The molecule has 0 saturated carbocycles. The van der Waals surface area contributed by atoms with Gasteiger partial charge in [-0.2, -0.15) is 5.10 Å². The molecular weight excluding hydrogens is 272 g/mol. The summed E-state index contributed by atoms with van der Waals surface area (Å²) in [7, 11) is 0. The van der Waals surface area contributed by atoms with Gasteiger partial charge in [-0.3, -0.25) is 0 Å². The van der Waals surface area contributed by atoms with Gasteiger partial charge in [0.2, 0.25) is 5.88 Å². The molecule has 0 atom stereocenters. The van der Waals surface area contributed by atoms with Crippen LogP contribution in [0.5, 0.6) is 5.88 Å².